The SMILES string of the molecule is CN(C)CCCN1C(=O)c2ccccc2Oc2cnccc21.Cl.Cl. The van der Waals surface area contributed by atoms with Crippen LogP contribution < -0.4 is 9.64 Å². The van der Waals surface area contributed by atoms with E-state index in [2.05, 4.69) is 9.88 Å². The van der Waals surface area contributed by atoms with Gasteiger partial charge in [-0.1, -0.05) is 12.1 Å². The maximum atomic E-state index is 12.9. The largest absolute Gasteiger partial charge is 0.453 e. The molecule has 0 saturated heterocycles. The van der Waals surface area contributed by atoms with Crippen LogP contribution in [0.1, 0.15) is 16.8 Å². The van der Waals surface area contributed by atoms with Crippen LogP contribution in [0.5, 0.6) is 11.5 Å². The lowest BCUT2D eigenvalue weighted by Gasteiger charge is -2.22. The van der Waals surface area contributed by atoms with Crippen molar-refractivity contribution in [1.82, 2.24) is 9.88 Å². The fourth-order valence-corrected chi connectivity index (χ4v) is 2.55. The third-order valence-corrected chi connectivity index (χ3v) is 3.62. The van der Waals surface area contributed by atoms with Crippen LogP contribution in [0.4, 0.5) is 5.69 Å². The van der Waals surface area contributed by atoms with Crippen molar-refractivity contribution in [2.75, 3.05) is 32.1 Å². The number of aromatic nitrogens is 1. The maximum Gasteiger partial charge on any atom is 0.262 e. The Morgan fingerprint density at radius 2 is 1.88 bits per heavy atom. The number of nitrogens with zero attached hydrogens (tertiary/aromatic N) is 3. The minimum atomic E-state index is -0.0284. The molecule has 0 N–H and O–H groups in total. The minimum Gasteiger partial charge on any atom is -0.453 e. The van der Waals surface area contributed by atoms with Gasteiger partial charge in [-0.25, -0.2) is 0 Å². The molecular weight excluding hydrogens is 349 g/mol. The molecule has 2 aromatic rings. The molecule has 1 aliphatic heterocycles. The first-order valence-electron chi connectivity index (χ1n) is 7.34. The van der Waals surface area contributed by atoms with Crippen LogP contribution in [0.15, 0.2) is 42.7 Å². The summed E-state index contributed by atoms with van der Waals surface area (Å²) < 4.78 is 5.90. The molecule has 0 aliphatic carbocycles. The first kappa shape index (κ1) is 20.2. The number of pyridine rings is 1. The molecule has 0 atom stereocenters. The third kappa shape index (κ3) is 4.17. The Morgan fingerprint density at radius 3 is 2.62 bits per heavy atom. The Morgan fingerprint density at radius 1 is 1.12 bits per heavy atom. The van der Waals surface area contributed by atoms with Gasteiger partial charge >= 0.3 is 0 Å². The molecular formula is C17H21Cl2N3O2. The van der Waals surface area contributed by atoms with Crippen molar-refractivity contribution in [2.24, 2.45) is 0 Å². The summed E-state index contributed by atoms with van der Waals surface area (Å²) in [5, 5.41) is 0. The summed E-state index contributed by atoms with van der Waals surface area (Å²) >= 11 is 0. The molecule has 5 nitrogen and oxygen atoms in total. The van der Waals surface area contributed by atoms with Crippen LogP contribution in [-0.4, -0.2) is 43.0 Å². The van der Waals surface area contributed by atoms with E-state index in [4.69, 9.17) is 4.74 Å². The predicted octanol–water partition coefficient (Wildman–Crippen LogP) is 3.63. The van der Waals surface area contributed by atoms with E-state index in [-0.39, 0.29) is 30.7 Å². The van der Waals surface area contributed by atoms with Crippen molar-refractivity contribution in [1.29, 1.82) is 0 Å². The fraction of sp³-hybridized carbons (Fsp3) is 0.294. The van der Waals surface area contributed by atoms with Gasteiger partial charge in [-0.05, 0) is 45.3 Å². The lowest BCUT2D eigenvalue weighted by Crippen LogP contribution is -2.32. The Kier molecular flexibility index (Phi) is 7.48. The molecule has 0 saturated carbocycles. The number of rotatable bonds is 4. The second kappa shape index (κ2) is 8.87. The van der Waals surface area contributed by atoms with Crippen molar-refractivity contribution in [3.05, 3.63) is 48.3 Å². The number of fused-ring (bicyclic) bond motifs is 2. The molecule has 1 aromatic heterocycles. The van der Waals surface area contributed by atoms with Crippen molar-refractivity contribution >= 4 is 36.4 Å². The fourth-order valence-electron chi connectivity index (χ4n) is 2.55. The van der Waals surface area contributed by atoms with E-state index in [1.807, 2.05) is 38.4 Å². The van der Waals surface area contributed by atoms with E-state index in [1.165, 1.54) is 0 Å². The zero-order valence-electron chi connectivity index (χ0n) is 13.6. The van der Waals surface area contributed by atoms with E-state index < -0.39 is 0 Å². The molecule has 3 rings (SSSR count). The Labute approximate surface area is 154 Å². The van der Waals surface area contributed by atoms with E-state index in [0.29, 0.717) is 23.6 Å². The summed E-state index contributed by atoms with van der Waals surface area (Å²) in [6.07, 6.45) is 4.23. The highest BCUT2D eigenvalue weighted by molar-refractivity contribution is 6.09. The van der Waals surface area contributed by atoms with Gasteiger partial charge in [0.05, 0.1) is 17.4 Å². The molecule has 1 aliphatic rings. The number of hydrogen-bond acceptors (Lipinski definition) is 4. The van der Waals surface area contributed by atoms with Crippen LogP contribution in [0, 0.1) is 0 Å². The van der Waals surface area contributed by atoms with Crippen LogP contribution in [0.3, 0.4) is 0 Å². The third-order valence-electron chi connectivity index (χ3n) is 3.62. The Balaban J connectivity index is 0.00000144. The number of halogens is 2. The molecule has 0 unspecified atom stereocenters. The van der Waals surface area contributed by atoms with E-state index in [1.54, 1.807) is 23.4 Å². The summed E-state index contributed by atoms with van der Waals surface area (Å²) in [6.45, 7) is 1.57. The van der Waals surface area contributed by atoms with Crippen molar-refractivity contribution < 1.29 is 9.53 Å². The topological polar surface area (TPSA) is 45.7 Å². The highest BCUT2D eigenvalue weighted by Gasteiger charge is 2.27. The zero-order chi connectivity index (χ0) is 15.5. The summed E-state index contributed by atoms with van der Waals surface area (Å²) in [6, 6.07) is 9.16. The number of hydrogen-bond donors (Lipinski definition) is 0. The summed E-state index contributed by atoms with van der Waals surface area (Å²) in [5.74, 6) is 1.17. The molecule has 7 heteroatoms. The molecule has 0 radical (unpaired) electrons. The number of carbonyl (C=O) groups is 1. The van der Waals surface area contributed by atoms with Gasteiger partial charge in [0.25, 0.3) is 5.91 Å². The number of ether oxygens (including phenoxy) is 1. The highest BCUT2D eigenvalue weighted by Crippen LogP contribution is 2.37. The average molecular weight is 370 g/mol. The Bertz CT molecular complexity index is 695. The molecule has 24 heavy (non-hydrogen) atoms. The zero-order valence-corrected chi connectivity index (χ0v) is 15.3. The molecule has 1 aromatic carbocycles. The number of amides is 1. The van der Waals surface area contributed by atoms with Crippen molar-refractivity contribution in [3.8, 4) is 11.5 Å². The predicted molar refractivity (Wildman–Crippen MR) is 100 cm³/mol. The van der Waals surface area contributed by atoms with Gasteiger partial charge in [-0.3, -0.25) is 9.78 Å². The van der Waals surface area contributed by atoms with Crippen molar-refractivity contribution in [3.63, 3.8) is 0 Å². The molecule has 0 fully saturated rings. The minimum absolute atomic E-state index is 0. The van der Waals surface area contributed by atoms with Crippen LogP contribution in [0.2, 0.25) is 0 Å². The second-order valence-corrected chi connectivity index (χ2v) is 5.56. The number of carbonyl (C=O) groups excluding carboxylic acids is 1. The van der Waals surface area contributed by atoms with Gasteiger partial charge in [0.1, 0.15) is 5.75 Å². The van der Waals surface area contributed by atoms with Crippen LogP contribution in [-0.2, 0) is 0 Å². The number of anilines is 1. The molecule has 130 valence electrons. The first-order valence-corrected chi connectivity index (χ1v) is 7.34. The average Bonchev–Trinajstić information content (AvgIpc) is 2.63. The van der Waals surface area contributed by atoms with E-state index in [0.717, 1.165) is 18.7 Å². The maximum absolute atomic E-state index is 12.9. The molecule has 0 spiro atoms. The normalized spacial score (nSPS) is 12.3. The first-order chi connectivity index (χ1) is 10.7. The van der Waals surface area contributed by atoms with Gasteiger partial charge in [0, 0.05) is 12.7 Å². The Hall–Kier alpha value is -1.82. The summed E-state index contributed by atoms with van der Waals surface area (Å²) in [4.78, 5) is 20.9. The number of benzene rings is 1. The monoisotopic (exact) mass is 369 g/mol. The molecule has 0 bridgehead atoms. The standard InChI is InChI=1S/C17H19N3O2.2ClH/c1-19(2)10-5-11-20-14-8-9-18-12-16(14)22-15-7-4-3-6-13(15)17(20)21;;/h3-4,6-9,12H,5,10-11H2,1-2H3;2*1H. The lowest BCUT2D eigenvalue weighted by atomic mass is 10.1. The van der Waals surface area contributed by atoms with Gasteiger partial charge < -0.3 is 14.5 Å². The van der Waals surface area contributed by atoms with Crippen LogP contribution >= 0.6 is 24.8 Å². The number of para-hydroxylation sites is 1. The smallest absolute Gasteiger partial charge is 0.262 e. The van der Waals surface area contributed by atoms with Gasteiger partial charge in [0.15, 0.2) is 5.75 Å². The van der Waals surface area contributed by atoms with E-state index in [9.17, 15) is 4.79 Å². The van der Waals surface area contributed by atoms with Gasteiger partial charge in [0.2, 0.25) is 0 Å². The molecule has 1 amide bonds. The summed E-state index contributed by atoms with van der Waals surface area (Å²) in [7, 11) is 4.06. The summed E-state index contributed by atoms with van der Waals surface area (Å²) in [5.41, 5.74) is 1.36. The second-order valence-electron chi connectivity index (χ2n) is 5.56. The van der Waals surface area contributed by atoms with Crippen LogP contribution in [0.25, 0.3) is 0 Å². The van der Waals surface area contributed by atoms with E-state index >= 15 is 0 Å². The van der Waals surface area contributed by atoms with Gasteiger partial charge in [-0.2, -0.15) is 0 Å². The molecule has 2 heterocycles. The quantitative estimate of drug-likeness (QED) is 0.825. The lowest BCUT2D eigenvalue weighted by molar-refractivity contribution is 0.0986. The van der Waals surface area contributed by atoms with Gasteiger partial charge in [-0.15, -0.1) is 24.8 Å². The van der Waals surface area contributed by atoms with Crippen molar-refractivity contribution in [2.45, 2.75) is 6.42 Å². The highest BCUT2D eigenvalue weighted by atomic mass is 35.5.